The lowest BCUT2D eigenvalue weighted by molar-refractivity contribution is -0.145. The Morgan fingerprint density at radius 3 is 2.83 bits per heavy atom. The molecule has 4 aliphatic rings. The maximum atomic E-state index is 11.3. The molecule has 0 amide bonds. The summed E-state index contributed by atoms with van der Waals surface area (Å²) in [5.74, 6) is 1.34. The van der Waals surface area contributed by atoms with Crippen molar-refractivity contribution < 1.29 is 9.53 Å². The van der Waals surface area contributed by atoms with Gasteiger partial charge in [-0.15, -0.1) is 0 Å². The van der Waals surface area contributed by atoms with Crippen LogP contribution in [0.15, 0.2) is 23.3 Å². The zero-order chi connectivity index (χ0) is 16.2. The van der Waals surface area contributed by atoms with Crippen molar-refractivity contribution in [2.45, 2.75) is 78.2 Å². The molecule has 0 aromatic carbocycles. The van der Waals surface area contributed by atoms with Crippen LogP contribution in [0.25, 0.3) is 0 Å². The first-order valence-corrected chi connectivity index (χ1v) is 9.51. The Bertz CT molecular complexity index is 587. The lowest BCUT2D eigenvalue weighted by Gasteiger charge is -2.52. The predicted octanol–water partition coefficient (Wildman–Crippen LogP) is 5.19. The molecule has 1 fully saturated rings. The molecule has 0 aliphatic heterocycles. The Hall–Kier alpha value is -1.05. The summed E-state index contributed by atoms with van der Waals surface area (Å²) in [5, 5.41) is 0. The summed E-state index contributed by atoms with van der Waals surface area (Å²) in [6, 6.07) is 0. The van der Waals surface area contributed by atoms with Crippen molar-refractivity contribution in [1.29, 1.82) is 0 Å². The van der Waals surface area contributed by atoms with Gasteiger partial charge in [0.2, 0.25) is 0 Å². The van der Waals surface area contributed by atoms with Gasteiger partial charge < -0.3 is 4.74 Å². The standard InChI is InChI=1S/C21H30O2/c1-14(22)23-16-8-12-21(3)15(13-16)6-7-17-18-5-4-10-20(18,2)11-9-19(17)21/h8,12,15-16,18H,4-7,9-11,13H2,1-3H3/t15?,16?,18-,20-,21-/m0/s1. The third kappa shape index (κ3) is 2.32. The molecule has 4 aliphatic carbocycles. The van der Waals surface area contributed by atoms with Crippen LogP contribution in [0.2, 0.25) is 0 Å². The maximum Gasteiger partial charge on any atom is 0.303 e. The molecule has 2 unspecified atom stereocenters. The summed E-state index contributed by atoms with van der Waals surface area (Å²) in [6.45, 7) is 6.51. The molecule has 0 aromatic heterocycles. The number of fused-ring (bicyclic) bond motifs is 4. The van der Waals surface area contributed by atoms with E-state index in [1.54, 1.807) is 5.57 Å². The van der Waals surface area contributed by atoms with Gasteiger partial charge in [0.25, 0.3) is 0 Å². The third-order valence-corrected chi connectivity index (χ3v) is 7.59. The Labute approximate surface area is 140 Å². The lowest BCUT2D eigenvalue weighted by atomic mass is 9.53. The molecular weight excluding hydrogens is 284 g/mol. The van der Waals surface area contributed by atoms with E-state index in [1.807, 2.05) is 5.57 Å². The largest absolute Gasteiger partial charge is 0.458 e. The number of carbonyl (C=O) groups excluding carboxylic acids is 1. The summed E-state index contributed by atoms with van der Waals surface area (Å²) in [4.78, 5) is 11.3. The van der Waals surface area contributed by atoms with Crippen molar-refractivity contribution in [2.75, 3.05) is 0 Å². The van der Waals surface area contributed by atoms with E-state index >= 15 is 0 Å². The minimum atomic E-state index is -0.154. The van der Waals surface area contributed by atoms with Gasteiger partial charge in [-0.05, 0) is 68.3 Å². The van der Waals surface area contributed by atoms with Crippen molar-refractivity contribution in [1.82, 2.24) is 0 Å². The highest BCUT2D eigenvalue weighted by atomic mass is 16.5. The molecular formula is C21H30O2. The first-order chi connectivity index (χ1) is 10.9. The van der Waals surface area contributed by atoms with Gasteiger partial charge in [0.1, 0.15) is 6.10 Å². The van der Waals surface area contributed by atoms with Gasteiger partial charge in [0.05, 0.1) is 0 Å². The van der Waals surface area contributed by atoms with Gasteiger partial charge in [-0.3, -0.25) is 4.79 Å². The first kappa shape index (κ1) is 15.5. The Morgan fingerprint density at radius 1 is 1.22 bits per heavy atom. The molecule has 4 rings (SSSR count). The minimum absolute atomic E-state index is 0.00642. The quantitative estimate of drug-likeness (QED) is 0.492. The van der Waals surface area contributed by atoms with E-state index in [2.05, 4.69) is 26.0 Å². The van der Waals surface area contributed by atoms with Crippen molar-refractivity contribution in [3.05, 3.63) is 23.3 Å². The molecule has 23 heavy (non-hydrogen) atoms. The number of rotatable bonds is 1. The monoisotopic (exact) mass is 314 g/mol. The van der Waals surface area contributed by atoms with Crippen molar-refractivity contribution in [3.63, 3.8) is 0 Å². The molecule has 0 bridgehead atoms. The predicted molar refractivity (Wildman–Crippen MR) is 91.9 cm³/mol. The fraction of sp³-hybridized carbons (Fsp3) is 0.762. The van der Waals surface area contributed by atoms with E-state index in [4.69, 9.17) is 4.74 Å². The zero-order valence-electron chi connectivity index (χ0n) is 14.9. The fourth-order valence-corrected chi connectivity index (χ4v) is 6.29. The van der Waals surface area contributed by atoms with Gasteiger partial charge in [0.15, 0.2) is 0 Å². The minimum Gasteiger partial charge on any atom is -0.458 e. The van der Waals surface area contributed by atoms with Crippen molar-refractivity contribution in [2.24, 2.45) is 22.7 Å². The van der Waals surface area contributed by atoms with E-state index in [0.717, 1.165) is 12.3 Å². The van der Waals surface area contributed by atoms with Crippen LogP contribution in [0.1, 0.15) is 72.1 Å². The highest BCUT2D eigenvalue weighted by molar-refractivity contribution is 5.66. The molecule has 0 aromatic rings. The average Bonchev–Trinajstić information content (AvgIpc) is 2.89. The normalized spacial score (nSPS) is 45.3. The molecule has 126 valence electrons. The van der Waals surface area contributed by atoms with E-state index in [1.165, 1.54) is 51.9 Å². The van der Waals surface area contributed by atoms with Crippen LogP contribution in [-0.2, 0) is 9.53 Å². The van der Waals surface area contributed by atoms with Gasteiger partial charge in [-0.1, -0.05) is 37.5 Å². The number of esters is 1. The molecule has 2 heteroatoms. The number of hydrogen-bond acceptors (Lipinski definition) is 2. The van der Waals surface area contributed by atoms with Crippen LogP contribution < -0.4 is 0 Å². The summed E-state index contributed by atoms with van der Waals surface area (Å²) in [5.41, 5.74) is 4.38. The molecule has 1 saturated carbocycles. The summed E-state index contributed by atoms with van der Waals surface area (Å²) in [6.07, 6.45) is 15.0. The topological polar surface area (TPSA) is 26.3 Å². The molecule has 0 heterocycles. The fourth-order valence-electron chi connectivity index (χ4n) is 6.29. The Kier molecular flexibility index (Phi) is 3.52. The molecule has 0 N–H and O–H groups in total. The van der Waals surface area contributed by atoms with Crippen LogP contribution in [0.5, 0.6) is 0 Å². The van der Waals surface area contributed by atoms with E-state index in [9.17, 15) is 4.79 Å². The molecule has 5 atom stereocenters. The van der Waals surface area contributed by atoms with E-state index in [0.29, 0.717) is 11.3 Å². The van der Waals surface area contributed by atoms with E-state index in [-0.39, 0.29) is 17.5 Å². The number of hydrogen-bond donors (Lipinski definition) is 0. The van der Waals surface area contributed by atoms with Gasteiger partial charge in [-0.2, -0.15) is 0 Å². The first-order valence-electron chi connectivity index (χ1n) is 9.51. The summed E-state index contributed by atoms with van der Waals surface area (Å²) >= 11 is 0. The number of carbonyl (C=O) groups is 1. The summed E-state index contributed by atoms with van der Waals surface area (Å²) in [7, 11) is 0. The lowest BCUT2D eigenvalue weighted by Crippen LogP contribution is -2.42. The molecule has 0 spiro atoms. The Morgan fingerprint density at radius 2 is 2.04 bits per heavy atom. The average molecular weight is 314 g/mol. The van der Waals surface area contributed by atoms with Crippen molar-refractivity contribution in [3.8, 4) is 0 Å². The summed E-state index contributed by atoms with van der Waals surface area (Å²) < 4.78 is 5.46. The molecule has 0 saturated heterocycles. The third-order valence-electron chi connectivity index (χ3n) is 7.59. The van der Waals surface area contributed by atoms with Crippen molar-refractivity contribution >= 4 is 5.97 Å². The number of ether oxygens (including phenoxy) is 1. The highest BCUT2D eigenvalue weighted by Gasteiger charge is 2.51. The van der Waals surface area contributed by atoms with E-state index < -0.39 is 0 Å². The molecule has 2 nitrogen and oxygen atoms in total. The van der Waals surface area contributed by atoms with Gasteiger partial charge in [-0.25, -0.2) is 0 Å². The van der Waals surface area contributed by atoms with Crippen LogP contribution >= 0.6 is 0 Å². The second-order valence-corrected chi connectivity index (χ2v) is 8.86. The van der Waals surface area contributed by atoms with Gasteiger partial charge >= 0.3 is 5.97 Å². The Balaban J connectivity index is 1.67. The van der Waals surface area contributed by atoms with Crippen LogP contribution in [0.3, 0.4) is 0 Å². The molecule has 0 radical (unpaired) electrons. The SMILES string of the molecule is CC(=O)OC1C=C[C@]2(C)C3=C(CCC2C1)[C@@H]1CCC[C@@]1(C)CC3. The number of allylic oxidation sites excluding steroid dienone is 3. The van der Waals surface area contributed by atoms with Crippen LogP contribution in [0, 0.1) is 22.7 Å². The van der Waals surface area contributed by atoms with Gasteiger partial charge in [0, 0.05) is 12.3 Å². The second kappa shape index (κ2) is 5.22. The highest BCUT2D eigenvalue weighted by Crippen LogP contribution is 2.62. The second-order valence-electron chi connectivity index (χ2n) is 8.86. The van der Waals surface area contributed by atoms with Crippen LogP contribution in [-0.4, -0.2) is 12.1 Å². The zero-order valence-corrected chi connectivity index (χ0v) is 14.9. The maximum absolute atomic E-state index is 11.3. The smallest absolute Gasteiger partial charge is 0.303 e. The van der Waals surface area contributed by atoms with Crippen LogP contribution in [0.4, 0.5) is 0 Å².